The molecular formula is C17H20N2O3S. The predicted molar refractivity (Wildman–Crippen MR) is 89.6 cm³/mol. The monoisotopic (exact) mass is 332 g/mol. The maximum absolute atomic E-state index is 12.2. The minimum absolute atomic E-state index is 0.164. The summed E-state index contributed by atoms with van der Waals surface area (Å²) in [4.78, 5) is 39.7. The van der Waals surface area contributed by atoms with E-state index in [2.05, 4.69) is 0 Å². The molecule has 122 valence electrons. The second kappa shape index (κ2) is 7.17. The number of benzene rings is 1. The number of imide groups is 1. The number of hydrogen-bond acceptors (Lipinski definition) is 4. The Kier molecular flexibility index (Phi) is 5.00. The summed E-state index contributed by atoms with van der Waals surface area (Å²) in [6.45, 7) is 2.07. The Bertz CT molecular complexity index is 591. The second-order valence-corrected chi connectivity index (χ2v) is 6.91. The van der Waals surface area contributed by atoms with Crippen LogP contribution in [-0.4, -0.2) is 58.7 Å². The van der Waals surface area contributed by atoms with Gasteiger partial charge in [-0.25, -0.2) is 0 Å². The van der Waals surface area contributed by atoms with Crippen molar-refractivity contribution in [3.8, 4) is 0 Å². The van der Waals surface area contributed by atoms with Gasteiger partial charge in [0, 0.05) is 25.4 Å². The minimum atomic E-state index is -0.228. The van der Waals surface area contributed by atoms with E-state index in [1.165, 1.54) is 23.1 Å². The molecule has 0 unspecified atom stereocenters. The molecule has 0 aliphatic carbocycles. The number of hydrogen-bond donors (Lipinski definition) is 0. The highest BCUT2D eigenvalue weighted by Gasteiger charge is 2.34. The highest BCUT2D eigenvalue weighted by atomic mass is 32.2. The van der Waals surface area contributed by atoms with Crippen molar-refractivity contribution in [3.05, 3.63) is 35.4 Å². The molecule has 1 aromatic carbocycles. The second-order valence-electron chi connectivity index (χ2n) is 5.80. The lowest BCUT2D eigenvalue weighted by Gasteiger charge is -2.26. The summed E-state index contributed by atoms with van der Waals surface area (Å²) >= 11 is 1.49. The summed E-state index contributed by atoms with van der Waals surface area (Å²) in [5, 5.41) is 0. The Hall–Kier alpha value is -1.82. The van der Waals surface area contributed by atoms with Crippen molar-refractivity contribution >= 4 is 29.5 Å². The number of amides is 3. The van der Waals surface area contributed by atoms with Gasteiger partial charge in [0.05, 0.1) is 16.9 Å². The van der Waals surface area contributed by atoms with Gasteiger partial charge in [0.25, 0.3) is 11.8 Å². The Morgan fingerprint density at radius 3 is 2.22 bits per heavy atom. The summed E-state index contributed by atoms with van der Waals surface area (Å²) in [5.74, 6) is 0.716. The van der Waals surface area contributed by atoms with Crippen molar-refractivity contribution in [3.63, 3.8) is 0 Å². The molecule has 1 saturated heterocycles. The average molecular weight is 332 g/mol. The summed E-state index contributed by atoms with van der Waals surface area (Å²) in [7, 11) is 0. The van der Waals surface area contributed by atoms with E-state index in [1.54, 1.807) is 24.3 Å². The van der Waals surface area contributed by atoms with E-state index in [-0.39, 0.29) is 17.7 Å². The van der Waals surface area contributed by atoms with Crippen LogP contribution in [0.3, 0.4) is 0 Å². The van der Waals surface area contributed by atoms with Gasteiger partial charge >= 0.3 is 0 Å². The number of carbonyl (C=O) groups excluding carboxylic acids is 3. The van der Waals surface area contributed by atoms with Gasteiger partial charge in [0.1, 0.15) is 0 Å². The molecule has 0 saturated carbocycles. The Morgan fingerprint density at radius 1 is 1.00 bits per heavy atom. The fourth-order valence-electron chi connectivity index (χ4n) is 2.99. The summed E-state index contributed by atoms with van der Waals surface area (Å²) < 4.78 is 0. The van der Waals surface area contributed by atoms with Gasteiger partial charge in [-0.1, -0.05) is 12.1 Å². The number of carbonyl (C=O) groups is 3. The van der Waals surface area contributed by atoms with E-state index >= 15 is 0 Å². The fourth-order valence-corrected chi connectivity index (χ4v) is 3.81. The van der Waals surface area contributed by atoms with Crippen molar-refractivity contribution in [2.45, 2.75) is 19.3 Å². The van der Waals surface area contributed by atoms with Crippen LogP contribution in [0, 0.1) is 0 Å². The van der Waals surface area contributed by atoms with Gasteiger partial charge < -0.3 is 4.90 Å². The van der Waals surface area contributed by atoms with E-state index in [4.69, 9.17) is 0 Å². The summed E-state index contributed by atoms with van der Waals surface area (Å²) in [6, 6.07) is 6.89. The normalized spacial score (nSPS) is 17.6. The molecule has 0 bridgehead atoms. The van der Waals surface area contributed by atoms with Gasteiger partial charge in [-0.15, -0.1) is 0 Å². The van der Waals surface area contributed by atoms with E-state index in [1.807, 2.05) is 4.90 Å². The highest BCUT2D eigenvalue weighted by Crippen LogP contribution is 2.22. The van der Waals surface area contributed by atoms with Gasteiger partial charge in [-0.3, -0.25) is 19.3 Å². The molecule has 1 aromatic rings. The smallest absolute Gasteiger partial charge is 0.261 e. The van der Waals surface area contributed by atoms with Crippen LogP contribution in [0.15, 0.2) is 24.3 Å². The van der Waals surface area contributed by atoms with Crippen LogP contribution >= 0.6 is 11.8 Å². The van der Waals surface area contributed by atoms with Gasteiger partial charge in [-0.2, -0.15) is 11.8 Å². The van der Waals surface area contributed by atoms with Gasteiger partial charge in [0.15, 0.2) is 0 Å². The third kappa shape index (κ3) is 3.42. The van der Waals surface area contributed by atoms with Crippen molar-refractivity contribution < 1.29 is 14.4 Å². The number of fused-ring (bicyclic) bond motifs is 1. The van der Waals surface area contributed by atoms with Crippen molar-refractivity contribution in [2.75, 3.05) is 31.1 Å². The van der Waals surface area contributed by atoms with Gasteiger partial charge in [0.2, 0.25) is 5.91 Å². The van der Waals surface area contributed by atoms with Crippen molar-refractivity contribution in [1.82, 2.24) is 9.80 Å². The molecule has 0 radical (unpaired) electrons. The Balaban J connectivity index is 1.46. The quantitative estimate of drug-likeness (QED) is 0.611. The molecule has 0 spiro atoms. The molecular weight excluding hydrogens is 312 g/mol. The Morgan fingerprint density at radius 2 is 1.61 bits per heavy atom. The largest absolute Gasteiger partial charge is 0.342 e. The van der Waals surface area contributed by atoms with Crippen LogP contribution in [0.5, 0.6) is 0 Å². The zero-order valence-electron chi connectivity index (χ0n) is 13.0. The molecule has 0 aromatic heterocycles. The molecule has 0 N–H and O–H groups in total. The van der Waals surface area contributed by atoms with Crippen LogP contribution in [0.25, 0.3) is 0 Å². The summed E-state index contributed by atoms with van der Waals surface area (Å²) in [6.07, 6.45) is 3.38. The number of nitrogens with zero attached hydrogens (tertiary/aromatic N) is 2. The molecule has 6 heteroatoms. The standard InChI is InChI=1S/C17H20N2O3S/c20-15(18-8-4-1-5-9-18)12-23-11-10-19-16(21)13-6-2-3-7-14(13)17(19)22/h2-3,6-7H,1,4-5,8-12H2. The lowest BCUT2D eigenvalue weighted by Crippen LogP contribution is -2.37. The zero-order valence-corrected chi connectivity index (χ0v) is 13.8. The van der Waals surface area contributed by atoms with Crippen LogP contribution in [0.4, 0.5) is 0 Å². The van der Waals surface area contributed by atoms with Gasteiger partial charge in [-0.05, 0) is 31.4 Å². The van der Waals surface area contributed by atoms with E-state index in [0.29, 0.717) is 29.2 Å². The minimum Gasteiger partial charge on any atom is -0.342 e. The Labute approximate surface area is 140 Å². The SMILES string of the molecule is O=C(CSCCN1C(=O)c2ccccc2C1=O)N1CCCCC1. The number of likely N-dealkylation sites (tertiary alicyclic amines) is 1. The molecule has 2 aliphatic rings. The third-order valence-electron chi connectivity index (χ3n) is 4.27. The zero-order chi connectivity index (χ0) is 16.2. The number of rotatable bonds is 5. The third-order valence-corrected chi connectivity index (χ3v) is 5.19. The van der Waals surface area contributed by atoms with Crippen LogP contribution in [0.1, 0.15) is 40.0 Å². The molecule has 3 amide bonds. The molecule has 2 heterocycles. The van der Waals surface area contributed by atoms with Crippen molar-refractivity contribution in [2.24, 2.45) is 0 Å². The average Bonchev–Trinajstić information content (AvgIpc) is 2.84. The molecule has 5 nitrogen and oxygen atoms in total. The molecule has 0 atom stereocenters. The number of piperidine rings is 1. The maximum atomic E-state index is 12.2. The first kappa shape index (κ1) is 16.1. The lowest BCUT2D eigenvalue weighted by atomic mass is 10.1. The molecule has 3 rings (SSSR count). The predicted octanol–water partition coefficient (Wildman–Crippen LogP) is 2.03. The van der Waals surface area contributed by atoms with Crippen LogP contribution in [-0.2, 0) is 4.79 Å². The first-order valence-electron chi connectivity index (χ1n) is 7.99. The fraction of sp³-hybridized carbons (Fsp3) is 0.471. The van der Waals surface area contributed by atoms with E-state index < -0.39 is 0 Å². The lowest BCUT2D eigenvalue weighted by molar-refractivity contribution is -0.129. The topological polar surface area (TPSA) is 57.7 Å². The molecule has 1 fully saturated rings. The van der Waals surface area contributed by atoms with Crippen LogP contribution < -0.4 is 0 Å². The van der Waals surface area contributed by atoms with E-state index in [9.17, 15) is 14.4 Å². The van der Waals surface area contributed by atoms with Crippen LogP contribution in [0.2, 0.25) is 0 Å². The van der Waals surface area contributed by atoms with Crippen molar-refractivity contribution in [1.29, 1.82) is 0 Å². The maximum Gasteiger partial charge on any atom is 0.261 e. The molecule has 23 heavy (non-hydrogen) atoms. The number of thioether (sulfide) groups is 1. The summed E-state index contributed by atoms with van der Waals surface area (Å²) in [5.41, 5.74) is 0.957. The first-order valence-corrected chi connectivity index (χ1v) is 9.14. The highest BCUT2D eigenvalue weighted by molar-refractivity contribution is 7.99. The van der Waals surface area contributed by atoms with E-state index in [0.717, 1.165) is 25.9 Å². The molecule has 2 aliphatic heterocycles. The first-order chi connectivity index (χ1) is 11.2.